The summed E-state index contributed by atoms with van der Waals surface area (Å²) in [6.07, 6.45) is 0. The highest BCUT2D eigenvalue weighted by Gasteiger charge is 2.24. The minimum atomic E-state index is -4.50. The average Bonchev–Trinajstić information content (AvgIpc) is 2.67. The Balaban J connectivity index is 1.93. The lowest BCUT2D eigenvalue weighted by atomic mass is 9.88. The maximum atomic E-state index is 11.6. The highest BCUT2D eigenvalue weighted by molar-refractivity contribution is 7.86. The van der Waals surface area contributed by atoms with Crippen LogP contribution in [0.25, 0.3) is 0 Å². The first-order valence-corrected chi connectivity index (χ1v) is 10.6. The number of aryl methyl sites for hydroxylation is 1. The molecule has 0 heterocycles. The van der Waals surface area contributed by atoms with E-state index in [0.717, 1.165) is 5.56 Å². The second-order valence-corrected chi connectivity index (χ2v) is 8.50. The predicted octanol–water partition coefficient (Wildman–Crippen LogP) is 5.25. The molecule has 0 saturated heterocycles. The molecule has 0 radical (unpaired) electrons. The summed E-state index contributed by atoms with van der Waals surface area (Å²) in [5, 5.41) is 10.5. The van der Waals surface area contributed by atoms with E-state index in [9.17, 15) is 18.1 Å². The van der Waals surface area contributed by atoms with Crippen LogP contribution in [0.2, 0.25) is 0 Å². The van der Waals surface area contributed by atoms with Gasteiger partial charge in [-0.2, -0.15) is 8.42 Å². The molecule has 0 aliphatic rings. The number of phenolic OH excluding ortho intramolecular Hbond substituents is 1. The van der Waals surface area contributed by atoms with E-state index in [1.165, 1.54) is 18.1 Å². The molecule has 28 heavy (non-hydrogen) atoms. The van der Waals surface area contributed by atoms with Gasteiger partial charge in [0.1, 0.15) is 10.6 Å². The van der Waals surface area contributed by atoms with Gasteiger partial charge >= 0.3 is 0 Å². The Morgan fingerprint density at radius 1 is 0.750 bits per heavy atom. The fourth-order valence-electron chi connectivity index (χ4n) is 3.55. The molecular formula is C23H24O4S. The molecule has 5 heteroatoms. The van der Waals surface area contributed by atoms with E-state index in [1.807, 2.05) is 37.3 Å². The van der Waals surface area contributed by atoms with E-state index < -0.39 is 20.8 Å². The van der Waals surface area contributed by atoms with Crippen LogP contribution in [0, 0.1) is 6.92 Å². The lowest BCUT2D eigenvalue weighted by molar-refractivity contribution is 0.435. The normalized spacial score (nSPS) is 13.9. The Kier molecular flexibility index (Phi) is 5.59. The van der Waals surface area contributed by atoms with Crippen LogP contribution in [0.15, 0.2) is 71.6 Å². The van der Waals surface area contributed by atoms with Crippen LogP contribution in [0.1, 0.15) is 53.5 Å². The number of phenols is 1. The highest BCUT2D eigenvalue weighted by atomic mass is 32.2. The molecule has 0 aliphatic carbocycles. The zero-order chi connectivity index (χ0) is 20.5. The number of benzene rings is 3. The molecule has 0 aromatic heterocycles. The van der Waals surface area contributed by atoms with Crippen molar-refractivity contribution in [3.05, 3.63) is 94.5 Å². The molecule has 2 unspecified atom stereocenters. The SMILES string of the molecule is Cc1ccc(C(C)c2ccc(C(C)c3ccccc3)cc2)c(O)c1S(=O)(=O)O. The standard InChI is InChI=1S/C23H24O4S/c1-15-9-14-21(22(24)23(15)28(25,26)27)17(3)20-12-10-19(11-13-20)16(2)18-7-5-4-6-8-18/h4-14,16-17,24H,1-3H3,(H,25,26,27). The van der Waals surface area contributed by atoms with Crippen LogP contribution in [0.3, 0.4) is 0 Å². The summed E-state index contributed by atoms with van der Waals surface area (Å²) < 4.78 is 32.7. The van der Waals surface area contributed by atoms with Gasteiger partial charge in [-0.05, 0) is 29.2 Å². The topological polar surface area (TPSA) is 74.6 Å². The van der Waals surface area contributed by atoms with Crippen molar-refractivity contribution in [2.24, 2.45) is 0 Å². The van der Waals surface area contributed by atoms with Gasteiger partial charge in [-0.1, -0.05) is 80.6 Å². The van der Waals surface area contributed by atoms with Crippen molar-refractivity contribution in [1.29, 1.82) is 0 Å². The van der Waals surface area contributed by atoms with Crippen LogP contribution in [-0.2, 0) is 10.1 Å². The van der Waals surface area contributed by atoms with Gasteiger partial charge in [0.15, 0.2) is 0 Å². The lowest BCUT2D eigenvalue weighted by Crippen LogP contribution is -2.05. The van der Waals surface area contributed by atoms with Crippen molar-refractivity contribution in [3.63, 3.8) is 0 Å². The Labute approximate surface area is 166 Å². The molecule has 4 nitrogen and oxygen atoms in total. The van der Waals surface area contributed by atoms with Crippen LogP contribution in [-0.4, -0.2) is 18.1 Å². The molecule has 146 valence electrons. The summed E-state index contributed by atoms with van der Waals surface area (Å²) in [5.41, 5.74) is 4.13. The number of hydrogen-bond donors (Lipinski definition) is 2. The van der Waals surface area contributed by atoms with Crippen molar-refractivity contribution < 1.29 is 18.1 Å². The molecule has 0 saturated carbocycles. The van der Waals surface area contributed by atoms with E-state index in [0.29, 0.717) is 11.1 Å². The molecule has 3 rings (SSSR count). The molecule has 0 aliphatic heterocycles. The average molecular weight is 397 g/mol. The molecule has 2 atom stereocenters. The lowest BCUT2D eigenvalue weighted by Gasteiger charge is -2.18. The molecule has 0 amide bonds. The minimum absolute atomic E-state index is 0.234. The van der Waals surface area contributed by atoms with Gasteiger partial charge in [0, 0.05) is 17.4 Å². The second-order valence-electron chi connectivity index (χ2n) is 7.15. The Morgan fingerprint density at radius 3 is 1.79 bits per heavy atom. The van der Waals surface area contributed by atoms with Crippen molar-refractivity contribution in [1.82, 2.24) is 0 Å². The predicted molar refractivity (Wildman–Crippen MR) is 111 cm³/mol. The van der Waals surface area contributed by atoms with E-state index in [1.54, 1.807) is 12.1 Å². The van der Waals surface area contributed by atoms with Crippen LogP contribution < -0.4 is 0 Å². The fraction of sp³-hybridized carbons (Fsp3) is 0.217. The van der Waals surface area contributed by atoms with E-state index in [-0.39, 0.29) is 11.8 Å². The summed E-state index contributed by atoms with van der Waals surface area (Å²) in [6.45, 7) is 5.59. The molecular weight excluding hydrogens is 372 g/mol. The monoisotopic (exact) mass is 396 g/mol. The van der Waals surface area contributed by atoms with Gasteiger partial charge in [0.2, 0.25) is 0 Å². The zero-order valence-electron chi connectivity index (χ0n) is 16.1. The summed E-state index contributed by atoms with van der Waals surface area (Å²) in [7, 11) is -4.50. The smallest absolute Gasteiger partial charge is 0.298 e. The molecule has 0 spiro atoms. The van der Waals surface area contributed by atoms with Crippen molar-refractivity contribution in [3.8, 4) is 5.75 Å². The first-order valence-electron chi connectivity index (χ1n) is 9.15. The van der Waals surface area contributed by atoms with Crippen LogP contribution >= 0.6 is 0 Å². The summed E-state index contributed by atoms with van der Waals surface area (Å²) in [5.74, 6) is -0.372. The zero-order valence-corrected chi connectivity index (χ0v) is 16.9. The van der Waals surface area contributed by atoms with Gasteiger partial charge in [-0.15, -0.1) is 0 Å². The number of rotatable bonds is 5. The molecule has 0 bridgehead atoms. The quantitative estimate of drug-likeness (QED) is 0.578. The molecule has 2 N–H and O–H groups in total. The molecule has 3 aromatic carbocycles. The third-order valence-electron chi connectivity index (χ3n) is 5.32. The molecule has 3 aromatic rings. The largest absolute Gasteiger partial charge is 0.506 e. The summed E-state index contributed by atoms with van der Waals surface area (Å²) >= 11 is 0. The molecule has 0 fully saturated rings. The van der Waals surface area contributed by atoms with Crippen LogP contribution in [0.5, 0.6) is 5.75 Å². The van der Waals surface area contributed by atoms with Gasteiger partial charge in [-0.3, -0.25) is 4.55 Å². The Morgan fingerprint density at radius 2 is 1.25 bits per heavy atom. The van der Waals surface area contributed by atoms with Gasteiger partial charge in [-0.25, -0.2) is 0 Å². The third-order valence-corrected chi connectivity index (χ3v) is 6.35. The third kappa shape index (κ3) is 3.96. The fourth-order valence-corrected chi connectivity index (χ4v) is 4.39. The Hall–Kier alpha value is -2.63. The number of aromatic hydroxyl groups is 1. The first-order chi connectivity index (χ1) is 13.2. The van der Waals surface area contributed by atoms with E-state index in [2.05, 4.69) is 31.2 Å². The van der Waals surface area contributed by atoms with Crippen molar-refractivity contribution in [2.75, 3.05) is 0 Å². The first kappa shape index (κ1) is 20.1. The van der Waals surface area contributed by atoms with Gasteiger partial charge in [0.05, 0.1) is 0 Å². The maximum Gasteiger partial charge on any atom is 0.298 e. The minimum Gasteiger partial charge on any atom is -0.506 e. The van der Waals surface area contributed by atoms with Crippen LogP contribution in [0.4, 0.5) is 0 Å². The van der Waals surface area contributed by atoms with Crippen molar-refractivity contribution in [2.45, 2.75) is 37.5 Å². The highest BCUT2D eigenvalue weighted by Crippen LogP contribution is 2.37. The summed E-state index contributed by atoms with van der Waals surface area (Å²) in [4.78, 5) is -0.425. The number of hydrogen-bond acceptors (Lipinski definition) is 3. The Bertz CT molecular complexity index is 1070. The van der Waals surface area contributed by atoms with Gasteiger partial charge in [0.25, 0.3) is 10.1 Å². The van der Waals surface area contributed by atoms with E-state index in [4.69, 9.17) is 0 Å². The van der Waals surface area contributed by atoms with Crippen molar-refractivity contribution >= 4 is 10.1 Å². The van der Waals surface area contributed by atoms with Gasteiger partial charge < -0.3 is 5.11 Å². The van der Waals surface area contributed by atoms with E-state index >= 15 is 0 Å². The maximum absolute atomic E-state index is 11.6. The summed E-state index contributed by atoms with van der Waals surface area (Å²) in [6, 6.07) is 21.6. The second kappa shape index (κ2) is 7.78.